The number of hydrogen-bond acceptors (Lipinski definition) is 7. The van der Waals surface area contributed by atoms with Crippen molar-refractivity contribution in [2.45, 2.75) is 88.8 Å². The second-order valence-corrected chi connectivity index (χ2v) is 11.3. The van der Waals surface area contributed by atoms with Crippen LogP contribution >= 0.6 is 0 Å². The lowest BCUT2D eigenvalue weighted by molar-refractivity contribution is 0.0123. The summed E-state index contributed by atoms with van der Waals surface area (Å²) >= 11 is 0. The van der Waals surface area contributed by atoms with Crippen molar-refractivity contribution in [2.24, 2.45) is 0 Å². The Bertz CT molecular complexity index is 1250. The fourth-order valence-electron chi connectivity index (χ4n) is 6.36. The zero-order chi connectivity index (χ0) is 26.6. The number of rotatable bonds is 9. The van der Waals surface area contributed by atoms with E-state index in [1.807, 2.05) is 0 Å². The Labute approximate surface area is 228 Å². The predicted molar refractivity (Wildman–Crippen MR) is 148 cm³/mol. The third-order valence-corrected chi connectivity index (χ3v) is 8.52. The van der Waals surface area contributed by atoms with Gasteiger partial charge in [0.1, 0.15) is 17.2 Å². The van der Waals surface area contributed by atoms with Gasteiger partial charge in [-0.25, -0.2) is 18.7 Å². The molecule has 8 nitrogen and oxygen atoms in total. The average Bonchev–Trinajstić information content (AvgIpc) is 3.59. The third kappa shape index (κ3) is 6.32. The van der Waals surface area contributed by atoms with Gasteiger partial charge in [0, 0.05) is 24.7 Å². The molecule has 3 aliphatic rings. The Balaban J connectivity index is 1.11. The molecule has 10 heteroatoms. The summed E-state index contributed by atoms with van der Waals surface area (Å²) < 4.78 is 36.1. The first-order valence-electron chi connectivity index (χ1n) is 14.7. The van der Waals surface area contributed by atoms with Crippen LogP contribution in [-0.2, 0) is 4.74 Å². The standard InChI is InChI=1S/C29H39F2N7O/c30-20-8-13-25(24(31)18-20)34-29-35-26-19-32-28(36-27(26)38(29)22-6-2-3-7-22)33-21-9-11-23(12-10-21)39-17-16-37-14-4-1-5-15-37/h8,13,18-19,21-23H,1-7,9-12,14-17H2,(H,34,35)(H,32,33,36)/t21-,23-. The van der Waals surface area contributed by atoms with Crippen molar-refractivity contribution in [1.29, 1.82) is 0 Å². The second kappa shape index (κ2) is 12.1. The van der Waals surface area contributed by atoms with Crippen LogP contribution in [0.2, 0.25) is 0 Å². The molecule has 2 saturated carbocycles. The highest BCUT2D eigenvalue weighted by molar-refractivity contribution is 5.76. The summed E-state index contributed by atoms with van der Waals surface area (Å²) in [5, 5.41) is 6.63. The van der Waals surface area contributed by atoms with Gasteiger partial charge in [-0.2, -0.15) is 4.98 Å². The van der Waals surface area contributed by atoms with E-state index >= 15 is 0 Å². The highest BCUT2D eigenvalue weighted by Crippen LogP contribution is 2.36. The monoisotopic (exact) mass is 539 g/mol. The van der Waals surface area contributed by atoms with Crippen LogP contribution in [0.25, 0.3) is 11.2 Å². The lowest BCUT2D eigenvalue weighted by Crippen LogP contribution is -2.35. The van der Waals surface area contributed by atoms with Crippen LogP contribution in [-0.4, -0.2) is 62.8 Å². The fraction of sp³-hybridized carbons (Fsp3) is 0.621. The summed E-state index contributed by atoms with van der Waals surface area (Å²) in [6, 6.07) is 4.04. The van der Waals surface area contributed by atoms with Gasteiger partial charge in [-0.15, -0.1) is 0 Å². The van der Waals surface area contributed by atoms with Gasteiger partial charge < -0.3 is 20.3 Å². The van der Waals surface area contributed by atoms with Gasteiger partial charge in [0.15, 0.2) is 5.65 Å². The van der Waals surface area contributed by atoms with Gasteiger partial charge in [-0.1, -0.05) is 19.3 Å². The SMILES string of the molecule is Fc1ccc(Nc2nc3cnc(N[C@H]4CC[C@H](OCCN5CCCCC5)CC4)nc3n2C2CCCC2)c(F)c1. The van der Waals surface area contributed by atoms with Crippen molar-refractivity contribution in [3.63, 3.8) is 0 Å². The summed E-state index contributed by atoms with van der Waals surface area (Å²) in [6.45, 7) is 4.30. The molecule has 2 aliphatic carbocycles. The molecule has 0 bridgehead atoms. The van der Waals surface area contributed by atoms with E-state index in [4.69, 9.17) is 14.7 Å². The lowest BCUT2D eigenvalue weighted by Gasteiger charge is -2.31. The van der Waals surface area contributed by atoms with Crippen LogP contribution in [0.5, 0.6) is 0 Å². The Morgan fingerprint density at radius 3 is 2.49 bits per heavy atom. The minimum absolute atomic E-state index is 0.187. The largest absolute Gasteiger partial charge is 0.377 e. The van der Waals surface area contributed by atoms with Crippen LogP contribution in [0.15, 0.2) is 24.4 Å². The van der Waals surface area contributed by atoms with Crippen molar-refractivity contribution in [2.75, 3.05) is 36.9 Å². The number of aromatic nitrogens is 4. The number of piperidine rings is 1. The van der Waals surface area contributed by atoms with Crippen LogP contribution in [0.1, 0.15) is 76.7 Å². The Morgan fingerprint density at radius 1 is 0.923 bits per heavy atom. The quantitative estimate of drug-likeness (QED) is 0.336. The van der Waals surface area contributed by atoms with E-state index in [2.05, 4.69) is 25.1 Å². The predicted octanol–water partition coefficient (Wildman–Crippen LogP) is 6.19. The van der Waals surface area contributed by atoms with E-state index < -0.39 is 11.6 Å². The van der Waals surface area contributed by atoms with Crippen LogP contribution < -0.4 is 10.6 Å². The van der Waals surface area contributed by atoms with Gasteiger partial charge in [0.05, 0.1) is 24.6 Å². The molecule has 3 fully saturated rings. The number of ether oxygens (including phenoxy) is 1. The maximum atomic E-state index is 14.4. The minimum atomic E-state index is -0.653. The van der Waals surface area contributed by atoms with Gasteiger partial charge in [-0.05, 0) is 76.6 Å². The molecule has 2 N–H and O–H groups in total. The molecule has 1 aliphatic heterocycles. The van der Waals surface area contributed by atoms with E-state index in [0.717, 1.165) is 76.2 Å². The molecule has 0 spiro atoms. The second-order valence-electron chi connectivity index (χ2n) is 11.3. The smallest absolute Gasteiger partial charge is 0.224 e. The van der Waals surface area contributed by atoms with E-state index in [1.165, 1.54) is 44.5 Å². The van der Waals surface area contributed by atoms with Crippen LogP contribution in [0.4, 0.5) is 26.4 Å². The molecular formula is C29H39F2N7O. The fourth-order valence-corrected chi connectivity index (χ4v) is 6.36. The highest BCUT2D eigenvalue weighted by atomic mass is 19.1. The number of nitrogens with one attached hydrogen (secondary N) is 2. The number of fused-ring (bicyclic) bond motifs is 1. The molecule has 0 radical (unpaired) electrons. The van der Waals surface area contributed by atoms with Crippen LogP contribution in [0.3, 0.4) is 0 Å². The molecule has 210 valence electrons. The molecule has 6 rings (SSSR count). The number of halogens is 2. The number of hydrogen-bond donors (Lipinski definition) is 2. The maximum Gasteiger partial charge on any atom is 0.224 e. The molecule has 0 amide bonds. The summed E-state index contributed by atoms with van der Waals surface area (Å²) in [6.07, 6.45) is 14.5. The van der Waals surface area contributed by atoms with E-state index in [9.17, 15) is 8.78 Å². The average molecular weight is 540 g/mol. The Kier molecular flexibility index (Phi) is 8.20. The summed E-state index contributed by atoms with van der Waals surface area (Å²) in [4.78, 5) is 16.7. The molecular weight excluding hydrogens is 500 g/mol. The van der Waals surface area contributed by atoms with Crippen LogP contribution in [0, 0.1) is 11.6 Å². The minimum Gasteiger partial charge on any atom is -0.377 e. The van der Waals surface area contributed by atoms with Gasteiger partial charge >= 0.3 is 0 Å². The van der Waals surface area contributed by atoms with Crippen molar-refractivity contribution in [3.8, 4) is 0 Å². The van der Waals surface area contributed by atoms with Crippen molar-refractivity contribution < 1.29 is 13.5 Å². The van der Waals surface area contributed by atoms with Gasteiger partial charge in [-0.3, -0.25) is 4.57 Å². The van der Waals surface area contributed by atoms with E-state index in [1.54, 1.807) is 6.20 Å². The lowest BCUT2D eigenvalue weighted by atomic mass is 9.93. The van der Waals surface area contributed by atoms with Gasteiger partial charge in [0.25, 0.3) is 0 Å². The van der Waals surface area contributed by atoms with Crippen molar-refractivity contribution >= 4 is 28.7 Å². The number of imidazole rings is 1. The Hall–Kier alpha value is -2.85. The number of benzene rings is 1. The normalized spacial score (nSPS) is 22.9. The van der Waals surface area contributed by atoms with Gasteiger partial charge in [0.2, 0.25) is 11.9 Å². The Morgan fingerprint density at radius 2 is 1.72 bits per heavy atom. The molecule has 0 atom stereocenters. The van der Waals surface area contributed by atoms with E-state index in [-0.39, 0.29) is 11.7 Å². The maximum absolute atomic E-state index is 14.4. The number of nitrogens with zero attached hydrogens (tertiary/aromatic N) is 5. The topological polar surface area (TPSA) is 80.1 Å². The molecule has 1 aromatic carbocycles. The van der Waals surface area contributed by atoms with Crippen molar-refractivity contribution in [1.82, 2.24) is 24.4 Å². The molecule has 39 heavy (non-hydrogen) atoms. The highest BCUT2D eigenvalue weighted by Gasteiger charge is 2.26. The summed E-state index contributed by atoms with van der Waals surface area (Å²) in [5.41, 5.74) is 1.58. The number of anilines is 3. The first-order chi connectivity index (χ1) is 19.1. The third-order valence-electron chi connectivity index (χ3n) is 8.52. The molecule has 3 aromatic rings. The molecule has 0 unspecified atom stereocenters. The zero-order valence-electron chi connectivity index (χ0n) is 22.5. The summed E-state index contributed by atoms with van der Waals surface area (Å²) in [5.74, 6) is -0.159. The number of likely N-dealkylation sites (tertiary alicyclic amines) is 1. The molecule has 2 aromatic heterocycles. The molecule has 3 heterocycles. The van der Waals surface area contributed by atoms with Crippen molar-refractivity contribution in [3.05, 3.63) is 36.0 Å². The first-order valence-corrected chi connectivity index (χ1v) is 14.7. The molecule has 1 saturated heterocycles. The zero-order valence-corrected chi connectivity index (χ0v) is 22.5. The first kappa shape index (κ1) is 26.4. The van der Waals surface area contributed by atoms with E-state index in [0.29, 0.717) is 29.6 Å². The summed E-state index contributed by atoms with van der Waals surface area (Å²) in [7, 11) is 0.